The molecule has 15 heavy (non-hydrogen) atoms. The van der Waals surface area contributed by atoms with Crippen molar-refractivity contribution in [2.75, 3.05) is 18.1 Å². The molecule has 0 aromatic heterocycles. The predicted octanol–water partition coefficient (Wildman–Crippen LogP) is 1.97. The minimum absolute atomic E-state index is 0.658. The zero-order valence-electron chi connectivity index (χ0n) is 9.58. The summed E-state index contributed by atoms with van der Waals surface area (Å²) in [6.07, 6.45) is 2.82. The van der Waals surface area contributed by atoms with E-state index in [4.69, 9.17) is 5.11 Å². The topological polar surface area (TPSA) is 49.3 Å². The van der Waals surface area contributed by atoms with Gasteiger partial charge in [-0.05, 0) is 43.7 Å². The van der Waals surface area contributed by atoms with Gasteiger partial charge in [0.15, 0.2) is 0 Å². The monoisotopic (exact) mass is 231 g/mol. The van der Waals surface area contributed by atoms with Crippen LogP contribution < -0.4 is 5.32 Å². The summed E-state index contributed by atoms with van der Waals surface area (Å²) >= 11 is 1.97. The lowest BCUT2D eigenvalue weighted by molar-refractivity contribution is -0.144. The Morgan fingerprint density at radius 3 is 2.87 bits per heavy atom. The van der Waals surface area contributed by atoms with Crippen LogP contribution in [0.1, 0.15) is 33.1 Å². The Hall–Kier alpha value is -0.220. The van der Waals surface area contributed by atoms with E-state index in [1.54, 1.807) is 6.92 Å². The highest BCUT2D eigenvalue weighted by atomic mass is 32.2. The van der Waals surface area contributed by atoms with Crippen molar-refractivity contribution in [2.24, 2.45) is 5.92 Å². The molecule has 1 aliphatic rings. The summed E-state index contributed by atoms with van der Waals surface area (Å²) in [7, 11) is 0. The fourth-order valence-corrected chi connectivity index (χ4v) is 3.17. The number of rotatable bonds is 6. The quantitative estimate of drug-likeness (QED) is 0.734. The Bertz CT molecular complexity index is 217. The van der Waals surface area contributed by atoms with Crippen molar-refractivity contribution in [3.63, 3.8) is 0 Å². The van der Waals surface area contributed by atoms with Crippen LogP contribution in [0.25, 0.3) is 0 Å². The Kier molecular flexibility index (Phi) is 4.93. The summed E-state index contributed by atoms with van der Waals surface area (Å²) in [6.45, 7) is 4.66. The number of aliphatic carboxylic acids is 1. The van der Waals surface area contributed by atoms with E-state index in [2.05, 4.69) is 5.32 Å². The molecule has 0 amide bonds. The first-order valence-electron chi connectivity index (χ1n) is 5.64. The van der Waals surface area contributed by atoms with Gasteiger partial charge in [0.25, 0.3) is 0 Å². The SMILES string of the molecule is CCCC(C)(NCC1CCSC1)C(=O)O. The third kappa shape index (κ3) is 3.68. The van der Waals surface area contributed by atoms with Crippen molar-refractivity contribution in [1.82, 2.24) is 5.32 Å². The molecule has 0 saturated carbocycles. The zero-order chi connectivity index (χ0) is 11.3. The molecule has 1 rings (SSSR count). The van der Waals surface area contributed by atoms with E-state index in [1.807, 2.05) is 18.7 Å². The normalized spacial score (nSPS) is 25.1. The van der Waals surface area contributed by atoms with Crippen LogP contribution in [-0.4, -0.2) is 34.7 Å². The smallest absolute Gasteiger partial charge is 0.323 e. The summed E-state index contributed by atoms with van der Waals surface area (Å²) in [5, 5.41) is 12.4. The molecule has 2 atom stereocenters. The van der Waals surface area contributed by atoms with Crippen molar-refractivity contribution < 1.29 is 9.90 Å². The maximum Gasteiger partial charge on any atom is 0.323 e. The van der Waals surface area contributed by atoms with E-state index >= 15 is 0 Å². The maximum atomic E-state index is 11.1. The minimum Gasteiger partial charge on any atom is -0.480 e. The van der Waals surface area contributed by atoms with E-state index in [0.717, 1.165) is 13.0 Å². The maximum absolute atomic E-state index is 11.1. The Labute approximate surface area is 96.0 Å². The third-order valence-electron chi connectivity index (χ3n) is 3.03. The molecule has 2 N–H and O–H groups in total. The predicted molar refractivity (Wildman–Crippen MR) is 64.4 cm³/mol. The number of carboxylic acid groups (broad SMARTS) is 1. The highest BCUT2D eigenvalue weighted by molar-refractivity contribution is 7.99. The average molecular weight is 231 g/mol. The molecule has 0 spiro atoms. The van der Waals surface area contributed by atoms with Gasteiger partial charge in [-0.1, -0.05) is 13.3 Å². The summed E-state index contributed by atoms with van der Waals surface area (Å²) in [5.74, 6) is 2.33. The van der Waals surface area contributed by atoms with Gasteiger partial charge < -0.3 is 10.4 Å². The van der Waals surface area contributed by atoms with Crippen LogP contribution in [0.15, 0.2) is 0 Å². The molecular formula is C11H21NO2S. The van der Waals surface area contributed by atoms with Crippen LogP contribution in [-0.2, 0) is 4.79 Å². The molecule has 0 aromatic carbocycles. The first-order chi connectivity index (χ1) is 7.08. The van der Waals surface area contributed by atoms with Crippen LogP contribution in [0, 0.1) is 5.92 Å². The van der Waals surface area contributed by atoms with Gasteiger partial charge >= 0.3 is 5.97 Å². The summed E-state index contributed by atoms with van der Waals surface area (Å²) in [4.78, 5) is 11.1. The highest BCUT2D eigenvalue weighted by Crippen LogP contribution is 2.23. The molecule has 2 unspecified atom stereocenters. The lowest BCUT2D eigenvalue weighted by Gasteiger charge is -2.27. The molecule has 1 fully saturated rings. The molecule has 88 valence electrons. The zero-order valence-corrected chi connectivity index (χ0v) is 10.4. The molecule has 1 saturated heterocycles. The van der Waals surface area contributed by atoms with E-state index in [0.29, 0.717) is 12.3 Å². The minimum atomic E-state index is -0.734. The van der Waals surface area contributed by atoms with Crippen molar-refractivity contribution in [1.29, 1.82) is 0 Å². The van der Waals surface area contributed by atoms with Gasteiger partial charge in [-0.3, -0.25) is 4.79 Å². The summed E-state index contributed by atoms with van der Waals surface area (Å²) in [6, 6.07) is 0. The second-order valence-corrected chi connectivity index (χ2v) is 5.65. The lowest BCUT2D eigenvalue weighted by atomic mass is 9.95. The van der Waals surface area contributed by atoms with Crippen molar-refractivity contribution in [3.05, 3.63) is 0 Å². The summed E-state index contributed by atoms with van der Waals surface area (Å²) in [5.41, 5.74) is -0.734. The Morgan fingerprint density at radius 2 is 2.40 bits per heavy atom. The molecule has 0 aromatic rings. The van der Waals surface area contributed by atoms with Gasteiger partial charge in [0.2, 0.25) is 0 Å². The van der Waals surface area contributed by atoms with Crippen molar-refractivity contribution >= 4 is 17.7 Å². The van der Waals surface area contributed by atoms with Gasteiger partial charge in [0, 0.05) is 0 Å². The fourth-order valence-electron chi connectivity index (χ4n) is 1.88. The Morgan fingerprint density at radius 1 is 1.67 bits per heavy atom. The summed E-state index contributed by atoms with van der Waals surface area (Å²) < 4.78 is 0. The van der Waals surface area contributed by atoms with Gasteiger partial charge in [0.05, 0.1) is 0 Å². The number of hydrogen-bond donors (Lipinski definition) is 2. The van der Waals surface area contributed by atoms with Crippen molar-refractivity contribution in [2.45, 2.75) is 38.6 Å². The Balaban J connectivity index is 2.40. The van der Waals surface area contributed by atoms with Gasteiger partial charge in [-0.15, -0.1) is 0 Å². The highest BCUT2D eigenvalue weighted by Gasteiger charge is 2.32. The van der Waals surface area contributed by atoms with Gasteiger partial charge in [-0.25, -0.2) is 0 Å². The number of carboxylic acids is 1. The van der Waals surface area contributed by atoms with Crippen LogP contribution >= 0.6 is 11.8 Å². The number of hydrogen-bond acceptors (Lipinski definition) is 3. The lowest BCUT2D eigenvalue weighted by Crippen LogP contribution is -2.51. The van der Waals surface area contributed by atoms with E-state index in [1.165, 1.54) is 17.9 Å². The molecule has 3 nitrogen and oxygen atoms in total. The first kappa shape index (κ1) is 12.8. The van der Waals surface area contributed by atoms with Crippen molar-refractivity contribution in [3.8, 4) is 0 Å². The van der Waals surface area contributed by atoms with E-state index in [9.17, 15) is 4.79 Å². The molecule has 4 heteroatoms. The second kappa shape index (κ2) is 5.75. The largest absolute Gasteiger partial charge is 0.480 e. The van der Waals surface area contributed by atoms with Crippen LogP contribution in [0.4, 0.5) is 0 Å². The van der Waals surface area contributed by atoms with E-state index < -0.39 is 11.5 Å². The molecule has 0 aliphatic carbocycles. The number of nitrogens with one attached hydrogen (secondary N) is 1. The average Bonchev–Trinajstić information content (AvgIpc) is 2.67. The van der Waals surface area contributed by atoms with Crippen LogP contribution in [0.3, 0.4) is 0 Å². The second-order valence-electron chi connectivity index (χ2n) is 4.50. The molecule has 0 bridgehead atoms. The number of thioether (sulfide) groups is 1. The molecular weight excluding hydrogens is 210 g/mol. The van der Waals surface area contributed by atoms with Gasteiger partial charge in [0.1, 0.15) is 5.54 Å². The molecule has 0 radical (unpaired) electrons. The first-order valence-corrected chi connectivity index (χ1v) is 6.80. The van der Waals surface area contributed by atoms with E-state index in [-0.39, 0.29) is 0 Å². The van der Waals surface area contributed by atoms with Crippen LogP contribution in [0.2, 0.25) is 0 Å². The van der Waals surface area contributed by atoms with Crippen LogP contribution in [0.5, 0.6) is 0 Å². The number of carbonyl (C=O) groups is 1. The molecule has 1 aliphatic heterocycles. The fraction of sp³-hybridized carbons (Fsp3) is 0.909. The standard InChI is InChI=1S/C11H21NO2S/c1-3-5-11(2,10(13)14)12-7-9-4-6-15-8-9/h9,12H,3-8H2,1-2H3,(H,13,14). The molecule has 1 heterocycles. The third-order valence-corrected chi connectivity index (χ3v) is 4.26. The van der Waals surface area contributed by atoms with Gasteiger partial charge in [-0.2, -0.15) is 11.8 Å².